The van der Waals surface area contributed by atoms with E-state index in [0.29, 0.717) is 22.1 Å². The van der Waals surface area contributed by atoms with Crippen molar-refractivity contribution in [1.29, 1.82) is 0 Å². The molecule has 2 aromatic heterocycles. The summed E-state index contributed by atoms with van der Waals surface area (Å²) >= 11 is 7.70. The van der Waals surface area contributed by atoms with Gasteiger partial charge in [-0.3, -0.25) is 4.79 Å². The molecule has 170 valence electrons. The molecule has 0 aliphatic rings. The summed E-state index contributed by atoms with van der Waals surface area (Å²) in [7, 11) is 3.96. The van der Waals surface area contributed by atoms with Crippen LogP contribution in [0.2, 0.25) is 5.02 Å². The lowest BCUT2D eigenvalue weighted by atomic mass is 10.0. The lowest BCUT2D eigenvalue weighted by molar-refractivity contribution is 0.103. The summed E-state index contributed by atoms with van der Waals surface area (Å²) < 4.78 is 1.82. The van der Waals surface area contributed by atoms with Gasteiger partial charge in [-0.15, -0.1) is 0 Å². The van der Waals surface area contributed by atoms with Crippen LogP contribution in [-0.2, 0) is 6.42 Å². The van der Waals surface area contributed by atoms with Crippen LogP contribution in [-0.4, -0.2) is 34.8 Å². The van der Waals surface area contributed by atoms with Crippen LogP contribution in [0.5, 0.6) is 0 Å². The topological polar surface area (TPSA) is 63.1 Å². The molecule has 0 atom stereocenters. The van der Waals surface area contributed by atoms with E-state index in [2.05, 4.69) is 10.3 Å². The maximum absolute atomic E-state index is 12.9. The van der Waals surface area contributed by atoms with E-state index in [1.165, 1.54) is 11.3 Å². The predicted molar refractivity (Wildman–Crippen MR) is 136 cm³/mol. The van der Waals surface area contributed by atoms with E-state index in [1.807, 2.05) is 93.0 Å². The number of hydrogen-bond donors (Lipinski definition) is 1. The van der Waals surface area contributed by atoms with Crippen LogP contribution in [0.3, 0.4) is 0 Å². The number of rotatable bonds is 6. The molecule has 0 radical (unpaired) electrons. The number of aryl methyl sites for hydroxylation is 2. The van der Waals surface area contributed by atoms with Crippen molar-refractivity contribution in [3.05, 3.63) is 86.6 Å². The number of carbonyl (C=O) groups excluding carboxylic acids is 1. The van der Waals surface area contributed by atoms with Gasteiger partial charge >= 0.3 is 0 Å². The molecule has 2 heterocycles. The van der Waals surface area contributed by atoms with Crippen LogP contribution >= 0.6 is 22.9 Å². The largest absolute Gasteiger partial charge is 0.378 e. The number of benzene rings is 2. The normalized spacial score (nSPS) is 11.0. The Bertz CT molecular complexity index is 1310. The summed E-state index contributed by atoms with van der Waals surface area (Å²) in [5.41, 5.74) is 6.58. The van der Waals surface area contributed by atoms with Crippen molar-refractivity contribution < 1.29 is 4.79 Å². The van der Waals surface area contributed by atoms with Crippen molar-refractivity contribution in [2.75, 3.05) is 24.3 Å². The smallest absolute Gasteiger partial charge is 0.267 e. The highest BCUT2D eigenvalue weighted by atomic mass is 35.5. The summed E-state index contributed by atoms with van der Waals surface area (Å²) in [6.45, 7) is 5.86. The van der Waals surface area contributed by atoms with Gasteiger partial charge in [0.05, 0.1) is 11.4 Å². The van der Waals surface area contributed by atoms with Crippen LogP contribution < -0.4 is 10.2 Å². The van der Waals surface area contributed by atoms with Crippen molar-refractivity contribution in [2.45, 2.75) is 27.2 Å². The summed E-state index contributed by atoms with van der Waals surface area (Å²) in [6, 6.07) is 15.6. The average Bonchev–Trinajstić information content (AvgIpc) is 3.30. The van der Waals surface area contributed by atoms with Crippen molar-refractivity contribution in [2.24, 2.45) is 0 Å². The number of nitrogens with zero attached hydrogens (tertiary/aromatic N) is 4. The number of thiazole rings is 1. The molecule has 0 saturated heterocycles. The minimum absolute atomic E-state index is 0.174. The molecular weight excluding hydrogens is 454 g/mol. The molecule has 0 unspecified atom stereocenters. The fourth-order valence-corrected chi connectivity index (χ4v) is 4.83. The summed E-state index contributed by atoms with van der Waals surface area (Å²) in [6.07, 6.45) is 0.692. The molecule has 0 fully saturated rings. The van der Waals surface area contributed by atoms with Crippen molar-refractivity contribution in [3.8, 4) is 5.13 Å². The summed E-state index contributed by atoms with van der Waals surface area (Å²) in [5.74, 6) is -0.174. The third kappa shape index (κ3) is 4.79. The molecule has 0 spiro atoms. The van der Waals surface area contributed by atoms with Gasteiger partial charge in [0.15, 0.2) is 0 Å². The lowest BCUT2D eigenvalue weighted by Gasteiger charge is -2.12. The SMILES string of the molecule is Cc1nc(-n2nc(C)c(Cc3ccccc3Cl)c2C)sc1C(=O)Nc1ccc(N(C)C)cc1. The third-order valence-corrected chi connectivity index (χ3v) is 7.08. The Morgan fingerprint density at radius 1 is 1.06 bits per heavy atom. The van der Waals surface area contributed by atoms with Crippen LogP contribution in [0, 0.1) is 20.8 Å². The van der Waals surface area contributed by atoms with Gasteiger partial charge in [0.1, 0.15) is 4.88 Å². The number of carbonyl (C=O) groups is 1. The fourth-order valence-electron chi connectivity index (χ4n) is 3.66. The molecule has 0 bridgehead atoms. The molecule has 4 rings (SSSR count). The molecule has 0 aliphatic carbocycles. The second-order valence-electron chi connectivity index (χ2n) is 8.14. The Labute approximate surface area is 202 Å². The Kier molecular flexibility index (Phi) is 6.54. The molecule has 6 nitrogen and oxygen atoms in total. The van der Waals surface area contributed by atoms with Crippen molar-refractivity contribution in [1.82, 2.24) is 14.8 Å². The maximum Gasteiger partial charge on any atom is 0.267 e. The number of amides is 1. The zero-order valence-corrected chi connectivity index (χ0v) is 20.9. The molecule has 4 aromatic rings. The van der Waals surface area contributed by atoms with Gasteiger partial charge < -0.3 is 10.2 Å². The highest BCUT2D eigenvalue weighted by Gasteiger charge is 2.20. The van der Waals surface area contributed by atoms with Gasteiger partial charge in [0.2, 0.25) is 5.13 Å². The van der Waals surface area contributed by atoms with Crippen LogP contribution in [0.4, 0.5) is 11.4 Å². The van der Waals surface area contributed by atoms with Gasteiger partial charge in [0, 0.05) is 48.2 Å². The Balaban J connectivity index is 1.58. The van der Waals surface area contributed by atoms with Crippen LogP contribution in [0.1, 0.15) is 37.9 Å². The third-order valence-electron chi connectivity index (χ3n) is 5.58. The molecule has 1 amide bonds. The quantitative estimate of drug-likeness (QED) is 0.378. The maximum atomic E-state index is 12.9. The number of halogens is 1. The zero-order valence-electron chi connectivity index (χ0n) is 19.3. The standard InChI is InChI=1S/C25H26ClN5OS/c1-15-21(14-18-8-6-7-9-22(18)26)17(3)31(29-15)25-27-16(2)23(33-25)24(32)28-19-10-12-20(13-11-19)30(4)5/h6-13H,14H2,1-5H3,(H,28,32). The number of nitrogens with one attached hydrogen (secondary N) is 1. The van der Waals surface area contributed by atoms with Gasteiger partial charge in [-0.25, -0.2) is 9.67 Å². The average molecular weight is 480 g/mol. The highest BCUT2D eigenvalue weighted by molar-refractivity contribution is 7.16. The first-order valence-corrected chi connectivity index (χ1v) is 11.8. The molecule has 33 heavy (non-hydrogen) atoms. The first-order valence-electron chi connectivity index (χ1n) is 10.6. The summed E-state index contributed by atoms with van der Waals surface area (Å²) in [5, 5.41) is 9.10. The van der Waals surface area contributed by atoms with E-state index < -0.39 is 0 Å². The number of aromatic nitrogens is 3. The van der Waals surface area contributed by atoms with Crippen LogP contribution in [0.15, 0.2) is 48.5 Å². The fraction of sp³-hybridized carbons (Fsp3) is 0.240. The monoisotopic (exact) mass is 479 g/mol. The van der Waals surface area contributed by atoms with Crippen LogP contribution in [0.25, 0.3) is 5.13 Å². The first kappa shape index (κ1) is 23.0. The van der Waals surface area contributed by atoms with Gasteiger partial charge in [-0.05, 0) is 56.7 Å². The van der Waals surface area contributed by atoms with E-state index in [1.54, 1.807) is 0 Å². The molecular formula is C25H26ClN5OS. The van der Waals surface area contributed by atoms with E-state index in [4.69, 9.17) is 16.7 Å². The molecule has 8 heteroatoms. The number of hydrogen-bond acceptors (Lipinski definition) is 5. The van der Waals surface area contributed by atoms with Gasteiger partial charge in [-0.1, -0.05) is 41.1 Å². The van der Waals surface area contributed by atoms with Gasteiger partial charge in [0.25, 0.3) is 5.91 Å². The second kappa shape index (κ2) is 9.37. The van der Waals surface area contributed by atoms with E-state index in [0.717, 1.165) is 38.9 Å². The van der Waals surface area contributed by atoms with Crippen molar-refractivity contribution >= 4 is 40.2 Å². The molecule has 0 aliphatic heterocycles. The van der Waals surface area contributed by atoms with E-state index in [9.17, 15) is 4.79 Å². The second-order valence-corrected chi connectivity index (χ2v) is 9.52. The summed E-state index contributed by atoms with van der Waals surface area (Å²) in [4.78, 5) is 20.2. The minimum atomic E-state index is -0.174. The molecule has 2 aromatic carbocycles. The van der Waals surface area contributed by atoms with E-state index >= 15 is 0 Å². The zero-order chi connectivity index (χ0) is 23.7. The lowest BCUT2D eigenvalue weighted by Crippen LogP contribution is -2.12. The van der Waals surface area contributed by atoms with Gasteiger partial charge in [-0.2, -0.15) is 5.10 Å². The Hall–Kier alpha value is -3.16. The molecule has 1 N–H and O–H groups in total. The Morgan fingerprint density at radius 3 is 2.42 bits per heavy atom. The highest BCUT2D eigenvalue weighted by Crippen LogP contribution is 2.28. The Morgan fingerprint density at radius 2 is 1.76 bits per heavy atom. The molecule has 0 saturated carbocycles. The first-order chi connectivity index (χ1) is 15.7. The van der Waals surface area contributed by atoms with E-state index in [-0.39, 0.29) is 5.91 Å². The predicted octanol–water partition coefficient (Wildman–Crippen LogP) is 5.82. The minimum Gasteiger partial charge on any atom is -0.378 e. The van der Waals surface area contributed by atoms with Crippen molar-refractivity contribution in [3.63, 3.8) is 0 Å². The number of anilines is 2.